The number of unbranched alkanes of at least 4 members (excludes halogenated alkanes) is 7. The second-order valence-corrected chi connectivity index (χ2v) is 6.98. The van der Waals surface area contributed by atoms with Gasteiger partial charge in [-0.05, 0) is 43.1 Å². The maximum atomic E-state index is 11.8. The first-order valence-electron chi connectivity index (χ1n) is 7.81. The predicted molar refractivity (Wildman–Crippen MR) is 89.4 cm³/mol. The number of Topliss-reactive ketones (excluding diaryl/α,β-unsaturated/α-hetero) is 1. The number of hydrogen-bond donors (Lipinski definition) is 0. The van der Waals surface area contributed by atoms with Crippen LogP contribution in [0.5, 0.6) is 0 Å². The first kappa shape index (κ1) is 19.6. The predicted octanol–water partition coefficient (Wildman–Crippen LogP) is 5.61. The summed E-state index contributed by atoms with van der Waals surface area (Å²) in [4.78, 5) is 17.0. The van der Waals surface area contributed by atoms with Crippen LogP contribution in [0, 0.1) is 0 Å². The van der Waals surface area contributed by atoms with Gasteiger partial charge >= 0.3 is 0 Å². The molecule has 0 spiro atoms. The fourth-order valence-corrected chi connectivity index (χ4v) is 2.02. The molecular weight excluding hydrogens is 318 g/mol. The van der Waals surface area contributed by atoms with Crippen LogP contribution in [0.3, 0.4) is 0 Å². The number of nitrogens with zero attached hydrogens (tertiary/aromatic N) is 1. The first-order valence-corrected chi connectivity index (χ1v) is 8.61. The normalized spacial score (nSPS) is 12.6. The van der Waals surface area contributed by atoms with Gasteiger partial charge in [0.05, 0.1) is 0 Å². The zero-order chi connectivity index (χ0) is 15.4. The molecule has 0 radical (unpaired) electrons. The van der Waals surface area contributed by atoms with Crippen molar-refractivity contribution in [3.05, 3.63) is 0 Å². The zero-order valence-electron chi connectivity index (χ0n) is 13.5. The Morgan fingerprint density at radius 3 is 2.00 bits per heavy atom. The van der Waals surface area contributed by atoms with Gasteiger partial charge in [-0.3, -0.25) is 4.79 Å². The highest BCUT2D eigenvalue weighted by atomic mass is 79.9. The van der Waals surface area contributed by atoms with E-state index in [0.29, 0.717) is 11.0 Å². The number of rotatable bonds is 11. The minimum Gasteiger partial charge on any atom is -0.389 e. The molecule has 0 aliphatic rings. The third-order valence-electron chi connectivity index (χ3n) is 2.89. The van der Waals surface area contributed by atoms with Crippen molar-refractivity contribution >= 4 is 26.3 Å². The number of oxime groups is 1. The van der Waals surface area contributed by atoms with Crippen LogP contribution in [-0.2, 0) is 9.63 Å². The Kier molecular flexibility index (Phi) is 11.1. The van der Waals surface area contributed by atoms with Crippen molar-refractivity contribution in [2.24, 2.45) is 5.16 Å². The van der Waals surface area contributed by atoms with E-state index in [4.69, 9.17) is 4.84 Å². The van der Waals surface area contributed by atoms with Crippen LogP contribution in [0.2, 0.25) is 0 Å². The van der Waals surface area contributed by atoms with Gasteiger partial charge in [0.1, 0.15) is 5.60 Å². The third-order valence-corrected chi connectivity index (χ3v) is 3.47. The van der Waals surface area contributed by atoms with E-state index >= 15 is 0 Å². The summed E-state index contributed by atoms with van der Waals surface area (Å²) >= 11 is 3.18. The van der Waals surface area contributed by atoms with Crippen molar-refractivity contribution in [1.82, 2.24) is 0 Å². The zero-order valence-corrected chi connectivity index (χ0v) is 15.1. The smallest absolute Gasteiger partial charge is 0.191 e. The topological polar surface area (TPSA) is 38.7 Å². The largest absolute Gasteiger partial charge is 0.389 e. The van der Waals surface area contributed by atoms with E-state index in [9.17, 15) is 4.79 Å². The molecule has 0 saturated carbocycles. The van der Waals surface area contributed by atoms with Gasteiger partial charge in [-0.25, -0.2) is 0 Å². The molecule has 0 unspecified atom stereocenters. The molecule has 0 amide bonds. The van der Waals surface area contributed by atoms with Gasteiger partial charge in [0.2, 0.25) is 0 Å². The second kappa shape index (κ2) is 11.3. The van der Waals surface area contributed by atoms with Gasteiger partial charge in [0, 0.05) is 6.42 Å². The summed E-state index contributed by atoms with van der Waals surface area (Å²) in [5.41, 5.74) is -0.363. The maximum Gasteiger partial charge on any atom is 0.191 e. The Morgan fingerprint density at radius 2 is 1.50 bits per heavy atom. The van der Waals surface area contributed by atoms with Gasteiger partial charge in [-0.1, -0.05) is 57.0 Å². The molecule has 0 rings (SSSR count). The lowest BCUT2D eigenvalue weighted by Gasteiger charge is -2.15. The van der Waals surface area contributed by atoms with Crippen molar-refractivity contribution < 1.29 is 9.63 Å². The van der Waals surface area contributed by atoms with E-state index in [1.165, 1.54) is 38.5 Å². The minimum atomic E-state index is -0.363. The molecule has 0 saturated heterocycles. The van der Waals surface area contributed by atoms with Gasteiger partial charge < -0.3 is 4.84 Å². The first-order chi connectivity index (χ1) is 9.37. The van der Waals surface area contributed by atoms with Crippen molar-refractivity contribution in [3.63, 3.8) is 0 Å². The van der Waals surface area contributed by atoms with E-state index in [0.717, 1.165) is 12.8 Å². The molecule has 0 aliphatic carbocycles. The number of ketones is 1. The summed E-state index contributed by atoms with van der Waals surface area (Å²) in [5.74, 6) is 0.0280. The van der Waals surface area contributed by atoms with Crippen LogP contribution >= 0.6 is 15.9 Å². The average Bonchev–Trinajstić information content (AvgIpc) is 2.38. The molecule has 0 fully saturated rings. The Morgan fingerprint density at radius 1 is 1.00 bits per heavy atom. The average molecular weight is 348 g/mol. The third kappa shape index (κ3) is 12.6. The van der Waals surface area contributed by atoms with E-state index in [-0.39, 0.29) is 11.4 Å². The van der Waals surface area contributed by atoms with Gasteiger partial charge in [-0.2, -0.15) is 0 Å². The van der Waals surface area contributed by atoms with E-state index in [2.05, 4.69) is 28.0 Å². The Bertz CT molecular complexity index is 295. The Balaban J connectivity index is 3.62. The molecule has 0 atom stereocenters. The SMILES string of the molecule is CCCCCCCCCCC(=O)/C(Br)=N/OC(C)(C)C. The van der Waals surface area contributed by atoms with Crippen LogP contribution < -0.4 is 0 Å². The van der Waals surface area contributed by atoms with Gasteiger partial charge in [0.15, 0.2) is 10.4 Å². The highest BCUT2D eigenvalue weighted by Gasteiger charge is 2.13. The van der Waals surface area contributed by atoms with Crippen LogP contribution in [0.1, 0.15) is 85.5 Å². The molecule has 118 valence electrons. The fraction of sp³-hybridized carbons (Fsp3) is 0.875. The molecular formula is C16H30BrNO2. The lowest BCUT2D eigenvalue weighted by Crippen LogP contribution is -2.17. The van der Waals surface area contributed by atoms with E-state index in [1.807, 2.05) is 20.8 Å². The highest BCUT2D eigenvalue weighted by Crippen LogP contribution is 2.12. The molecule has 0 heterocycles. The summed E-state index contributed by atoms with van der Waals surface area (Å²) in [6, 6.07) is 0. The van der Waals surface area contributed by atoms with Crippen molar-refractivity contribution in [2.75, 3.05) is 0 Å². The minimum absolute atomic E-state index is 0.0280. The molecule has 20 heavy (non-hydrogen) atoms. The highest BCUT2D eigenvalue weighted by molar-refractivity contribution is 9.19. The molecule has 3 nitrogen and oxygen atoms in total. The molecule has 0 bridgehead atoms. The monoisotopic (exact) mass is 347 g/mol. The van der Waals surface area contributed by atoms with Crippen LogP contribution in [0.25, 0.3) is 0 Å². The Labute approximate surface area is 132 Å². The number of halogens is 1. The van der Waals surface area contributed by atoms with Crippen molar-refractivity contribution in [3.8, 4) is 0 Å². The lowest BCUT2D eigenvalue weighted by atomic mass is 10.1. The van der Waals surface area contributed by atoms with Crippen LogP contribution in [0.4, 0.5) is 0 Å². The number of carbonyl (C=O) groups excluding carboxylic acids is 1. The van der Waals surface area contributed by atoms with Gasteiger partial charge in [0.25, 0.3) is 0 Å². The van der Waals surface area contributed by atoms with E-state index < -0.39 is 0 Å². The summed E-state index contributed by atoms with van der Waals surface area (Å²) in [6.45, 7) is 7.94. The second-order valence-electron chi connectivity index (χ2n) is 6.23. The summed E-state index contributed by atoms with van der Waals surface area (Å²) in [6.07, 6.45) is 10.4. The number of carbonyl (C=O) groups is 1. The maximum absolute atomic E-state index is 11.8. The molecule has 0 aromatic rings. The quantitative estimate of drug-likeness (QED) is 0.276. The van der Waals surface area contributed by atoms with E-state index in [1.54, 1.807) is 0 Å². The summed E-state index contributed by atoms with van der Waals surface area (Å²) in [5, 5.41) is 3.83. The number of hydrogen-bond acceptors (Lipinski definition) is 3. The van der Waals surface area contributed by atoms with Crippen molar-refractivity contribution in [1.29, 1.82) is 0 Å². The molecule has 0 aromatic carbocycles. The van der Waals surface area contributed by atoms with Crippen LogP contribution in [-0.4, -0.2) is 16.0 Å². The molecule has 0 aliphatic heterocycles. The summed E-state index contributed by atoms with van der Waals surface area (Å²) < 4.78 is 0.301. The Hall–Kier alpha value is -0.380. The van der Waals surface area contributed by atoms with Crippen LogP contribution in [0.15, 0.2) is 5.16 Å². The molecule has 0 N–H and O–H groups in total. The molecule has 4 heteroatoms. The summed E-state index contributed by atoms with van der Waals surface area (Å²) in [7, 11) is 0. The van der Waals surface area contributed by atoms with Crippen molar-refractivity contribution in [2.45, 2.75) is 91.1 Å². The van der Waals surface area contributed by atoms with Gasteiger partial charge in [-0.15, -0.1) is 0 Å². The lowest BCUT2D eigenvalue weighted by molar-refractivity contribution is -0.113. The standard InChI is InChI=1S/C16H30BrNO2/c1-5-6-7-8-9-10-11-12-13-14(19)15(17)18-20-16(2,3)4/h5-13H2,1-4H3/b18-15-. The fourth-order valence-electron chi connectivity index (χ4n) is 1.75. The molecule has 0 aromatic heterocycles.